The molecular weight excluding hydrogens is 366 g/mol. The number of benzene rings is 2. The summed E-state index contributed by atoms with van der Waals surface area (Å²) < 4.78 is 0. The van der Waals surface area contributed by atoms with Crippen molar-refractivity contribution in [2.75, 3.05) is 16.8 Å². The molecular formula is C23H25N3O3. The highest BCUT2D eigenvalue weighted by molar-refractivity contribution is 6.04. The molecule has 1 aliphatic carbocycles. The molecule has 1 saturated carbocycles. The third kappa shape index (κ3) is 4.31. The van der Waals surface area contributed by atoms with Gasteiger partial charge in [-0.1, -0.05) is 31.2 Å². The van der Waals surface area contributed by atoms with Crippen LogP contribution in [0.1, 0.15) is 42.1 Å². The van der Waals surface area contributed by atoms with Gasteiger partial charge < -0.3 is 15.5 Å². The van der Waals surface area contributed by atoms with Crippen molar-refractivity contribution in [3.05, 3.63) is 59.7 Å². The average molecular weight is 391 g/mol. The molecule has 29 heavy (non-hydrogen) atoms. The number of nitrogens with one attached hydrogen (secondary N) is 2. The average Bonchev–Trinajstić information content (AvgIpc) is 3.46. The number of carbonyl (C=O) groups excluding carboxylic acids is 3. The molecule has 6 nitrogen and oxygen atoms in total. The smallest absolute Gasteiger partial charge is 0.251 e. The zero-order chi connectivity index (χ0) is 20.4. The Labute approximate surface area is 170 Å². The Morgan fingerprint density at radius 3 is 2.66 bits per heavy atom. The summed E-state index contributed by atoms with van der Waals surface area (Å²) in [6.07, 6.45) is 3.06. The number of nitrogens with zero attached hydrogens (tertiary/aromatic N) is 1. The van der Waals surface area contributed by atoms with Crippen molar-refractivity contribution in [1.29, 1.82) is 0 Å². The van der Waals surface area contributed by atoms with E-state index in [4.69, 9.17) is 0 Å². The van der Waals surface area contributed by atoms with Gasteiger partial charge in [0, 0.05) is 35.9 Å². The van der Waals surface area contributed by atoms with E-state index in [9.17, 15) is 14.4 Å². The summed E-state index contributed by atoms with van der Waals surface area (Å²) in [5.74, 6) is -0.781. The van der Waals surface area contributed by atoms with E-state index in [1.807, 2.05) is 24.3 Å². The van der Waals surface area contributed by atoms with Crippen LogP contribution in [0, 0.1) is 5.92 Å². The van der Waals surface area contributed by atoms with E-state index in [-0.39, 0.29) is 30.2 Å². The van der Waals surface area contributed by atoms with Crippen LogP contribution < -0.4 is 15.5 Å². The maximum absolute atomic E-state index is 12.8. The van der Waals surface area contributed by atoms with Crippen molar-refractivity contribution in [3.63, 3.8) is 0 Å². The van der Waals surface area contributed by atoms with E-state index in [1.54, 1.807) is 29.2 Å². The molecule has 2 aromatic rings. The van der Waals surface area contributed by atoms with Gasteiger partial charge in [0.1, 0.15) is 0 Å². The molecule has 0 aromatic heterocycles. The Morgan fingerprint density at radius 1 is 1.10 bits per heavy atom. The first-order valence-corrected chi connectivity index (χ1v) is 10.1. The van der Waals surface area contributed by atoms with Gasteiger partial charge in [-0.05, 0) is 49.1 Å². The number of rotatable bonds is 6. The van der Waals surface area contributed by atoms with Gasteiger partial charge in [0.05, 0.1) is 5.92 Å². The second-order valence-electron chi connectivity index (χ2n) is 7.71. The van der Waals surface area contributed by atoms with Gasteiger partial charge in [-0.25, -0.2) is 0 Å². The van der Waals surface area contributed by atoms with E-state index in [0.29, 0.717) is 17.8 Å². The van der Waals surface area contributed by atoms with Crippen molar-refractivity contribution in [2.24, 2.45) is 5.92 Å². The molecule has 1 atom stereocenters. The lowest BCUT2D eigenvalue weighted by Crippen LogP contribution is -2.29. The van der Waals surface area contributed by atoms with E-state index in [2.05, 4.69) is 17.6 Å². The van der Waals surface area contributed by atoms with Gasteiger partial charge in [-0.3, -0.25) is 14.4 Å². The summed E-state index contributed by atoms with van der Waals surface area (Å²) >= 11 is 0. The minimum Gasteiger partial charge on any atom is -0.349 e. The van der Waals surface area contributed by atoms with Crippen LogP contribution in [0.25, 0.3) is 0 Å². The molecule has 1 saturated heterocycles. The van der Waals surface area contributed by atoms with Gasteiger partial charge >= 0.3 is 0 Å². The molecule has 2 fully saturated rings. The van der Waals surface area contributed by atoms with Crippen LogP contribution in [0.15, 0.2) is 48.5 Å². The zero-order valence-electron chi connectivity index (χ0n) is 16.5. The van der Waals surface area contributed by atoms with Crippen LogP contribution in [0.2, 0.25) is 0 Å². The number of hydrogen-bond donors (Lipinski definition) is 2. The quantitative estimate of drug-likeness (QED) is 0.794. The monoisotopic (exact) mass is 391 g/mol. The minimum absolute atomic E-state index is 0.0383. The molecule has 2 aliphatic rings. The highest BCUT2D eigenvalue weighted by atomic mass is 16.2. The molecule has 2 N–H and O–H groups in total. The Kier molecular flexibility index (Phi) is 5.34. The van der Waals surface area contributed by atoms with Gasteiger partial charge in [0.15, 0.2) is 0 Å². The molecule has 150 valence electrons. The van der Waals surface area contributed by atoms with Gasteiger partial charge in [-0.2, -0.15) is 0 Å². The fraction of sp³-hybridized carbons (Fsp3) is 0.348. The normalized spacial score (nSPS) is 18.6. The maximum Gasteiger partial charge on any atom is 0.251 e. The second kappa shape index (κ2) is 8.07. The standard InChI is InChI=1S/C23H25N3O3/c1-2-15-6-3-4-9-20(15)26-14-17(13-21(26)27)23(29)25-19-8-5-7-16(12-19)22(28)24-18-10-11-18/h3-9,12,17-18H,2,10-11,13-14H2,1H3,(H,24,28)(H,25,29)/t17-/m1/s1. The largest absolute Gasteiger partial charge is 0.349 e. The van der Waals surface area contributed by atoms with Gasteiger partial charge in [-0.15, -0.1) is 0 Å². The lowest BCUT2D eigenvalue weighted by Gasteiger charge is -2.20. The predicted octanol–water partition coefficient (Wildman–Crippen LogP) is 3.13. The summed E-state index contributed by atoms with van der Waals surface area (Å²) in [7, 11) is 0. The van der Waals surface area contributed by atoms with E-state index in [0.717, 1.165) is 30.5 Å². The first-order valence-electron chi connectivity index (χ1n) is 10.1. The fourth-order valence-electron chi connectivity index (χ4n) is 3.67. The molecule has 0 radical (unpaired) electrons. The number of aryl methyl sites for hydroxylation is 1. The van der Waals surface area contributed by atoms with Gasteiger partial charge in [0.25, 0.3) is 5.91 Å². The van der Waals surface area contributed by atoms with Crippen molar-refractivity contribution >= 4 is 29.1 Å². The maximum atomic E-state index is 12.8. The van der Waals surface area contributed by atoms with Crippen molar-refractivity contribution in [2.45, 2.75) is 38.6 Å². The molecule has 0 unspecified atom stereocenters. The summed E-state index contributed by atoms with van der Waals surface area (Å²) in [5.41, 5.74) is 3.07. The van der Waals surface area contributed by atoms with E-state index in [1.165, 1.54) is 0 Å². The first kappa shape index (κ1) is 19.2. The fourth-order valence-corrected chi connectivity index (χ4v) is 3.67. The highest BCUT2D eigenvalue weighted by Gasteiger charge is 2.35. The molecule has 0 spiro atoms. The van der Waals surface area contributed by atoms with E-state index >= 15 is 0 Å². The lowest BCUT2D eigenvalue weighted by atomic mass is 10.1. The van der Waals surface area contributed by atoms with Crippen LogP contribution in [0.5, 0.6) is 0 Å². The van der Waals surface area contributed by atoms with Crippen molar-refractivity contribution in [3.8, 4) is 0 Å². The topological polar surface area (TPSA) is 78.5 Å². The number of amides is 3. The Hall–Kier alpha value is -3.15. The molecule has 6 heteroatoms. The summed E-state index contributed by atoms with van der Waals surface area (Å²) in [5, 5.41) is 5.81. The van der Waals surface area contributed by atoms with Crippen LogP contribution in [0.4, 0.5) is 11.4 Å². The third-order valence-corrected chi connectivity index (χ3v) is 5.46. The van der Waals surface area contributed by atoms with Crippen LogP contribution in [-0.4, -0.2) is 30.3 Å². The van der Waals surface area contributed by atoms with E-state index < -0.39 is 5.92 Å². The van der Waals surface area contributed by atoms with Crippen LogP contribution >= 0.6 is 0 Å². The number of para-hydroxylation sites is 1. The van der Waals surface area contributed by atoms with Crippen molar-refractivity contribution < 1.29 is 14.4 Å². The van der Waals surface area contributed by atoms with Crippen LogP contribution in [0.3, 0.4) is 0 Å². The van der Waals surface area contributed by atoms with Crippen molar-refractivity contribution in [1.82, 2.24) is 5.32 Å². The predicted molar refractivity (Wildman–Crippen MR) is 112 cm³/mol. The molecule has 3 amide bonds. The Bertz CT molecular complexity index is 952. The summed E-state index contributed by atoms with van der Waals surface area (Å²) in [4.78, 5) is 39.3. The number of carbonyl (C=O) groups is 3. The molecule has 1 aliphatic heterocycles. The third-order valence-electron chi connectivity index (χ3n) is 5.46. The Morgan fingerprint density at radius 2 is 1.90 bits per heavy atom. The SMILES string of the molecule is CCc1ccccc1N1C[C@H](C(=O)Nc2cccc(C(=O)NC3CC3)c2)CC1=O. The Balaban J connectivity index is 1.43. The lowest BCUT2D eigenvalue weighted by molar-refractivity contribution is -0.122. The molecule has 2 aromatic carbocycles. The molecule has 4 rings (SSSR count). The first-order chi connectivity index (χ1) is 14.0. The molecule has 1 heterocycles. The van der Waals surface area contributed by atoms with Gasteiger partial charge in [0.2, 0.25) is 11.8 Å². The number of hydrogen-bond acceptors (Lipinski definition) is 3. The second-order valence-corrected chi connectivity index (χ2v) is 7.71. The van der Waals surface area contributed by atoms with Crippen LogP contribution in [-0.2, 0) is 16.0 Å². The summed E-state index contributed by atoms with van der Waals surface area (Å²) in [6.45, 7) is 2.42. The summed E-state index contributed by atoms with van der Waals surface area (Å²) in [6, 6.07) is 15.0. The highest BCUT2D eigenvalue weighted by Crippen LogP contribution is 2.29. The number of anilines is 2. The zero-order valence-corrected chi connectivity index (χ0v) is 16.5. The molecule has 0 bridgehead atoms. The minimum atomic E-state index is -0.420.